The van der Waals surface area contributed by atoms with Crippen molar-refractivity contribution in [1.82, 2.24) is 9.97 Å². The van der Waals surface area contributed by atoms with E-state index in [1.807, 2.05) is 24.3 Å². The summed E-state index contributed by atoms with van der Waals surface area (Å²) < 4.78 is 55.8. The van der Waals surface area contributed by atoms with Crippen LogP contribution in [0.2, 0.25) is 5.02 Å². The number of hydrogen-bond acceptors (Lipinski definition) is 2. The van der Waals surface area contributed by atoms with Gasteiger partial charge >= 0.3 is 0 Å². The van der Waals surface area contributed by atoms with Crippen LogP contribution >= 0.6 is 11.6 Å². The second-order valence-electron chi connectivity index (χ2n) is 14.3. The van der Waals surface area contributed by atoms with Gasteiger partial charge in [0.1, 0.15) is 86.0 Å². The van der Waals surface area contributed by atoms with E-state index in [0.717, 1.165) is 34.4 Å². The van der Waals surface area contributed by atoms with E-state index >= 15 is 0 Å². The Bertz CT molecular complexity index is 1820. The Hall–Kier alpha value is -3.51. The maximum absolute atomic E-state index is 14.4. The molecular weight excluding hydrogens is 610 g/mol. The average Bonchev–Trinajstić information content (AvgIpc) is 3.01. The van der Waals surface area contributed by atoms with Crippen molar-refractivity contribution >= 4 is 74.4 Å². The maximum atomic E-state index is 14.4. The van der Waals surface area contributed by atoms with Crippen molar-refractivity contribution in [2.75, 3.05) is 0 Å². The molecule has 15 heteroatoms. The molecule has 0 atom stereocenters. The third-order valence-corrected chi connectivity index (χ3v) is 11.1. The quantitative estimate of drug-likeness (QED) is 0.178. The molecule has 2 aromatic heterocycles. The zero-order valence-electron chi connectivity index (χ0n) is 27.9. The van der Waals surface area contributed by atoms with Crippen molar-refractivity contribution in [3.05, 3.63) is 142 Å². The van der Waals surface area contributed by atoms with Crippen molar-refractivity contribution < 1.29 is 17.6 Å². The second kappa shape index (κ2) is 12.5. The molecule has 0 aliphatic carbocycles. The lowest BCUT2D eigenvalue weighted by molar-refractivity contribution is 0.584. The van der Waals surface area contributed by atoms with Gasteiger partial charge in [-0.05, 0) is 59.7 Å². The van der Waals surface area contributed by atoms with E-state index in [9.17, 15) is 17.6 Å². The molecule has 0 spiro atoms. The van der Waals surface area contributed by atoms with Crippen LogP contribution in [-0.4, -0.2) is 72.7 Å². The molecular formula is C32H31B8ClF4N2. The fourth-order valence-corrected chi connectivity index (χ4v) is 6.23. The molecule has 0 saturated heterocycles. The van der Waals surface area contributed by atoms with Crippen LogP contribution in [0.25, 0.3) is 22.5 Å². The van der Waals surface area contributed by atoms with Gasteiger partial charge in [0, 0.05) is 40.7 Å². The van der Waals surface area contributed by atoms with Gasteiger partial charge in [0.15, 0.2) is 0 Å². The molecule has 0 radical (unpaired) electrons. The highest BCUT2D eigenvalue weighted by molar-refractivity contribution is 6.55. The topological polar surface area (TPSA) is 25.8 Å². The van der Waals surface area contributed by atoms with E-state index in [2.05, 4.69) is 78.8 Å². The van der Waals surface area contributed by atoms with Gasteiger partial charge in [0.25, 0.3) is 0 Å². The minimum absolute atomic E-state index is 0.242. The van der Waals surface area contributed by atoms with Gasteiger partial charge in [0.05, 0.1) is 11.4 Å². The molecule has 5 rings (SSSR count). The summed E-state index contributed by atoms with van der Waals surface area (Å²) in [5.41, 5.74) is 5.35. The first-order chi connectivity index (χ1) is 21.9. The normalized spacial score (nSPS) is 12.6. The predicted molar refractivity (Wildman–Crippen MR) is 206 cm³/mol. The summed E-state index contributed by atoms with van der Waals surface area (Å²) in [5, 5.41) is -1.11. The molecule has 5 aromatic rings. The Labute approximate surface area is 286 Å². The average molecular weight is 642 g/mol. The SMILES string of the molecule is BC(B)(c1ccc(-c2ccc(F)cc2F)nc1)C(B)(B)c1cc(Cl)cc(C(B)(B)C(B)(B)c2ccc(-c3ccc(F)cc3F)nc2)c1. The first-order valence-corrected chi connectivity index (χ1v) is 15.9. The zero-order valence-corrected chi connectivity index (χ0v) is 28.7. The van der Waals surface area contributed by atoms with E-state index in [0.29, 0.717) is 16.4 Å². The third kappa shape index (κ3) is 6.38. The van der Waals surface area contributed by atoms with Crippen LogP contribution in [0.1, 0.15) is 22.3 Å². The summed E-state index contributed by atoms with van der Waals surface area (Å²) in [6, 6.07) is 20.6. The molecule has 0 saturated carbocycles. The smallest absolute Gasteiger partial charge is 0.135 e. The Morgan fingerprint density at radius 2 is 0.809 bits per heavy atom. The van der Waals surface area contributed by atoms with Crippen LogP contribution in [0.5, 0.6) is 0 Å². The number of rotatable bonds is 8. The second-order valence-corrected chi connectivity index (χ2v) is 14.8. The van der Waals surface area contributed by atoms with Crippen LogP contribution in [0.4, 0.5) is 17.6 Å². The van der Waals surface area contributed by atoms with Crippen molar-refractivity contribution in [2.24, 2.45) is 0 Å². The van der Waals surface area contributed by atoms with Gasteiger partial charge in [-0.1, -0.05) is 61.8 Å². The minimum atomic E-state index is -0.657. The van der Waals surface area contributed by atoms with Gasteiger partial charge in [-0.25, -0.2) is 17.6 Å². The zero-order chi connectivity index (χ0) is 34.5. The molecule has 0 unspecified atom stereocenters. The van der Waals surface area contributed by atoms with Gasteiger partial charge in [-0.15, -0.1) is 0 Å². The number of hydrogen-bond donors (Lipinski definition) is 0. The summed E-state index contributed by atoms with van der Waals surface area (Å²) in [7, 11) is 17.3. The van der Waals surface area contributed by atoms with E-state index in [-0.39, 0.29) is 11.1 Å². The van der Waals surface area contributed by atoms with Gasteiger partial charge in [-0.3, -0.25) is 9.97 Å². The standard InChI is InChI=1S/C32H31B8ClF4N2/c33-29(34,16-1-7-27(46-14-16)23-5-3-21(42)12-25(23)44)31(37,38)18-9-19(11-20(41)10-18)32(39,40)30(35,36)17-2-8-28(47-15-17)24-6-4-22(43)13-26(24)45/h1-15H,33-40H2. The molecule has 0 aliphatic heterocycles. The lowest BCUT2D eigenvalue weighted by atomic mass is 9.25. The molecule has 228 valence electrons. The molecule has 0 bridgehead atoms. The number of halogens is 5. The van der Waals surface area contributed by atoms with Crippen LogP contribution in [-0.2, 0) is 20.9 Å². The Morgan fingerprint density at radius 3 is 1.13 bits per heavy atom. The highest BCUT2D eigenvalue weighted by Gasteiger charge is 2.43. The molecule has 0 amide bonds. The van der Waals surface area contributed by atoms with E-state index < -0.39 is 44.1 Å². The molecule has 3 aromatic carbocycles. The minimum Gasteiger partial charge on any atom is -0.256 e. The molecule has 2 heterocycles. The Balaban J connectivity index is 1.47. The Kier molecular flexibility index (Phi) is 9.26. The number of benzene rings is 3. The molecule has 0 N–H and O–H groups in total. The fraction of sp³-hybridized carbons (Fsp3) is 0.125. The van der Waals surface area contributed by atoms with Crippen molar-refractivity contribution in [3.8, 4) is 22.5 Å². The largest absolute Gasteiger partial charge is 0.256 e. The lowest BCUT2D eigenvalue weighted by Gasteiger charge is -2.46. The summed E-state index contributed by atoms with van der Waals surface area (Å²) >= 11 is 6.83. The lowest BCUT2D eigenvalue weighted by Crippen LogP contribution is -2.53. The van der Waals surface area contributed by atoms with Crippen molar-refractivity contribution in [2.45, 2.75) is 20.9 Å². The van der Waals surface area contributed by atoms with Gasteiger partial charge in [0.2, 0.25) is 0 Å². The van der Waals surface area contributed by atoms with E-state index in [4.69, 9.17) is 11.6 Å². The third-order valence-electron chi connectivity index (χ3n) is 10.9. The highest BCUT2D eigenvalue weighted by Crippen LogP contribution is 2.41. The first kappa shape index (κ1) is 34.8. The molecule has 47 heavy (non-hydrogen) atoms. The van der Waals surface area contributed by atoms with Crippen LogP contribution in [0.15, 0.2) is 91.3 Å². The van der Waals surface area contributed by atoms with Crippen molar-refractivity contribution in [3.63, 3.8) is 0 Å². The number of pyridine rings is 2. The monoisotopic (exact) mass is 642 g/mol. The maximum Gasteiger partial charge on any atom is 0.135 e. The summed E-state index contributed by atoms with van der Waals surface area (Å²) in [6.45, 7) is 0. The van der Waals surface area contributed by atoms with Gasteiger partial charge in [-0.2, -0.15) is 0 Å². The summed E-state index contributed by atoms with van der Waals surface area (Å²) in [6.07, 6.45) is 3.51. The van der Waals surface area contributed by atoms with Crippen LogP contribution < -0.4 is 0 Å². The predicted octanol–water partition coefficient (Wildman–Crippen LogP) is 0.0968. The summed E-state index contributed by atoms with van der Waals surface area (Å²) in [4.78, 5) is 9.11. The first-order valence-electron chi connectivity index (χ1n) is 15.5. The van der Waals surface area contributed by atoms with Crippen LogP contribution in [0, 0.1) is 23.3 Å². The molecule has 0 fully saturated rings. The fourth-order valence-electron chi connectivity index (χ4n) is 5.99. The van der Waals surface area contributed by atoms with Crippen molar-refractivity contribution in [1.29, 1.82) is 0 Å². The van der Waals surface area contributed by atoms with Gasteiger partial charge < -0.3 is 0 Å². The number of nitrogens with zero attached hydrogens (tertiary/aromatic N) is 2. The Morgan fingerprint density at radius 1 is 0.447 bits per heavy atom. The van der Waals surface area contributed by atoms with Crippen LogP contribution in [0.3, 0.4) is 0 Å². The summed E-state index contributed by atoms with van der Waals surface area (Å²) in [5.74, 6) is -2.58. The highest BCUT2D eigenvalue weighted by atomic mass is 35.5. The van der Waals surface area contributed by atoms with E-state index in [1.165, 1.54) is 24.3 Å². The van der Waals surface area contributed by atoms with E-state index in [1.54, 1.807) is 24.5 Å². The number of aromatic nitrogens is 2. The molecule has 0 aliphatic rings. The molecule has 2 nitrogen and oxygen atoms in total.